The lowest BCUT2D eigenvalue weighted by molar-refractivity contribution is -0.938. The molecular weight excluding hydrogens is 549 g/mol. The molecule has 10 heteroatoms. The predicted octanol–water partition coefficient (Wildman–Crippen LogP) is 3.85. The predicted molar refractivity (Wildman–Crippen MR) is 147 cm³/mol. The number of alkyl halides is 3. The molecule has 2 bridgehead atoms. The molecule has 222 valence electrons. The molecule has 2 atom stereocenters. The Bertz CT molecular complexity index is 1330. The van der Waals surface area contributed by atoms with Crippen LogP contribution in [0.2, 0.25) is 0 Å². The molecule has 7 nitrogen and oxygen atoms in total. The van der Waals surface area contributed by atoms with Gasteiger partial charge in [-0.2, -0.15) is 13.2 Å². The summed E-state index contributed by atoms with van der Waals surface area (Å²) in [6.07, 6.45) is -3.36. The van der Waals surface area contributed by atoms with Crippen molar-refractivity contribution >= 4 is 17.7 Å². The smallest absolute Gasteiger partial charge is 0.430 e. The Labute approximate surface area is 242 Å². The molecule has 3 aliphatic rings. The van der Waals surface area contributed by atoms with E-state index in [1.807, 2.05) is 91.0 Å². The van der Waals surface area contributed by atoms with Crippen LogP contribution in [0.5, 0.6) is 0 Å². The first-order valence-corrected chi connectivity index (χ1v) is 13.8. The van der Waals surface area contributed by atoms with Crippen molar-refractivity contribution < 1.29 is 41.9 Å². The van der Waals surface area contributed by atoms with Crippen LogP contribution in [0.4, 0.5) is 13.2 Å². The fourth-order valence-electron chi connectivity index (χ4n) is 5.61. The minimum atomic E-state index is -5.19. The van der Waals surface area contributed by atoms with Crippen molar-refractivity contribution in [1.82, 2.24) is 5.32 Å². The lowest BCUT2D eigenvalue weighted by atomic mass is 9.82. The normalized spacial score (nSPS) is 21.9. The largest absolute Gasteiger partial charge is 0.542 e. The lowest BCUT2D eigenvalue weighted by Crippen LogP contribution is -2.65. The van der Waals surface area contributed by atoms with Gasteiger partial charge in [-0.25, -0.2) is 4.79 Å². The van der Waals surface area contributed by atoms with E-state index in [2.05, 4.69) is 5.32 Å². The number of benzene rings is 3. The van der Waals surface area contributed by atoms with E-state index in [1.165, 1.54) is 0 Å². The highest BCUT2D eigenvalue weighted by molar-refractivity contribution is 5.97. The van der Waals surface area contributed by atoms with Gasteiger partial charge in [-0.1, -0.05) is 91.0 Å². The fourth-order valence-corrected chi connectivity index (χ4v) is 5.61. The highest BCUT2D eigenvalue weighted by Gasteiger charge is 2.49. The number of hydrogen-bond acceptors (Lipinski definition) is 6. The van der Waals surface area contributed by atoms with Crippen LogP contribution in [-0.4, -0.2) is 60.7 Å². The Hall–Kier alpha value is -4.02. The van der Waals surface area contributed by atoms with E-state index in [0.29, 0.717) is 19.0 Å². The van der Waals surface area contributed by atoms with Gasteiger partial charge in [0, 0.05) is 30.9 Å². The number of ether oxygens (including phenoxy) is 1. The van der Waals surface area contributed by atoms with Crippen LogP contribution in [0.25, 0.3) is 0 Å². The van der Waals surface area contributed by atoms with Crippen LogP contribution in [0.1, 0.15) is 40.4 Å². The summed E-state index contributed by atoms with van der Waals surface area (Å²) in [6.45, 7) is 3.72. The summed E-state index contributed by atoms with van der Waals surface area (Å²) in [4.78, 5) is 35.3. The molecule has 0 amide bonds. The van der Waals surface area contributed by atoms with E-state index < -0.39 is 18.2 Å². The second-order valence-corrected chi connectivity index (χ2v) is 10.7. The van der Waals surface area contributed by atoms with Gasteiger partial charge in [0.05, 0.1) is 13.1 Å². The number of esters is 1. The number of fused-ring (bicyclic) bond motifs is 3. The average Bonchev–Trinajstić information content (AvgIpc) is 2.99. The quantitative estimate of drug-likeness (QED) is 0.234. The van der Waals surface area contributed by atoms with Gasteiger partial charge in [-0.15, -0.1) is 0 Å². The number of carboxylic acid groups (broad SMARTS) is 1. The lowest BCUT2D eigenvalue weighted by Gasteiger charge is -2.51. The van der Waals surface area contributed by atoms with Gasteiger partial charge in [-0.3, -0.25) is 10.1 Å². The van der Waals surface area contributed by atoms with Crippen LogP contribution in [0.3, 0.4) is 0 Å². The van der Waals surface area contributed by atoms with Crippen LogP contribution >= 0.6 is 0 Å². The van der Waals surface area contributed by atoms with E-state index in [4.69, 9.17) is 14.6 Å². The first kappa shape index (κ1) is 30.9. The molecule has 0 spiro atoms. The Morgan fingerprint density at radius 3 is 1.95 bits per heavy atom. The Morgan fingerprint density at radius 1 is 0.881 bits per heavy atom. The van der Waals surface area contributed by atoms with Crippen LogP contribution in [-0.2, 0) is 20.9 Å². The number of ketones is 1. The number of nitrogens with one attached hydrogen (secondary N) is 1. The van der Waals surface area contributed by atoms with E-state index in [0.717, 1.165) is 53.6 Å². The van der Waals surface area contributed by atoms with Crippen molar-refractivity contribution in [3.8, 4) is 0 Å². The number of hydrogen-bond donors (Lipinski definition) is 1. The van der Waals surface area contributed by atoms with E-state index in [1.54, 1.807) is 0 Å². The first-order chi connectivity index (χ1) is 20.1. The molecule has 2 unspecified atom stereocenters. The molecule has 3 heterocycles. The molecule has 3 fully saturated rings. The topological polar surface area (TPSA) is 95.5 Å². The van der Waals surface area contributed by atoms with Gasteiger partial charge in [0.2, 0.25) is 5.78 Å². The monoisotopic (exact) mass is 582 g/mol. The number of nitrogens with zero attached hydrogens (tertiary/aromatic N) is 1. The van der Waals surface area contributed by atoms with Gasteiger partial charge < -0.3 is 19.1 Å². The highest BCUT2D eigenvalue weighted by atomic mass is 19.4. The third-order valence-electron chi connectivity index (χ3n) is 7.84. The zero-order valence-electron chi connectivity index (χ0n) is 23.0. The number of rotatable bonds is 9. The molecule has 3 aliphatic heterocycles. The molecule has 42 heavy (non-hydrogen) atoms. The average molecular weight is 583 g/mol. The molecule has 0 saturated carbocycles. The Kier molecular flexibility index (Phi) is 10.1. The number of aliphatic carboxylic acids is 1. The van der Waals surface area contributed by atoms with Gasteiger partial charge in [0.25, 0.3) is 0 Å². The molecule has 0 aliphatic carbocycles. The first-order valence-electron chi connectivity index (χ1n) is 13.8. The summed E-state index contributed by atoms with van der Waals surface area (Å²) in [6, 6.07) is 28.8. The van der Waals surface area contributed by atoms with E-state index in [9.17, 15) is 22.8 Å². The SMILES string of the molecule is O=C(C[N+]12CCC(CC1)C(OC(=O)C(NCc1ccccc1)c1ccccc1)C2)c1ccccc1.O=C([O-])C(F)(F)F. The van der Waals surface area contributed by atoms with Crippen molar-refractivity contribution in [3.05, 3.63) is 108 Å². The van der Waals surface area contributed by atoms with E-state index >= 15 is 0 Å². The maximum Gasteiger partial charge on any atom is 0.430 e. The second-order valence-electron chi connectivity index (χ2n) is 10.7. The molecule has 0 aromatic heterocycles. The summed E-state index contributed by atoms with van der Waals surface area (Å²) in [5, 5.41) is 12.2. The van der Waals surface area contributed by atoms with Crippen molar-refractivity contribution in [2.24, 2.45) is 5.92 Å². The molecule has 3 aromatic rings. The molecule has 1 N–H and O–H groups in total. The summed E-state index contributed by atoms with van der Waals surface area (Å²) in [5.74, 6) is -2.70. The number of carbonyl (C=O) groups excluding carboxylic acids is 3. The molecular formula is C32H33F3N2O5. The molecule has 6 rings (SSSR count). The third kappa shape index (κ3) is 8.27. The number of quaternary nitrogens is 1. The van der Waals surface area contributed by atoms with E-state index in [-0.39, 0.29) is 17.9 Å². The standard InChI is InChI=1S/C30H33N2O3.C2HF3O2/c33-27(24-12-6-2-7-13-24)21-32-18-16-25(17-19-32)28(22-32)35-30(34)29(26-14-8-3-9-15-26)31-20-23-10-4-1-5-11-23;3-2(4,5)1(6)7/h1-15,25,28-29,31H,16-22H2;(H,6,7)/q+1;/p-1. The number of halogens is 3. The van der Waals surface area contributed by atoms with Gasteiger partial charge >= 0.3 is 12.1 Å². The third-order valence-corrected chi connectivity index (χ3v) is 7.84. The summed E-state index contributed by atoms with van der Waals surface area (Å²) in [7, 11) is 0. The van der Waals surface area contributed by atoms with Crippen molar-refractivity contribution in [3.63, 3.8) is 0 Å². The van der Waals surface area contributed by atoms with Gasteiger partial charge in [0.1, 0.15) is 25.1 Å². The van der Waals surface area contributed by atoms with Crippen molar-refractivity contribution in [2.75, 3.05) is 26.2 Å². The van der Waals surface area contributed by atoms with Crippen molar-refractivity contribution in [2.45, 2.75) is 37.7 Å². The minimum absolute atomic E-state index is 0.154. The maximum absolute atomic E-state index is 13.5. The highest BCUT2D eigenvalue weighted by Crippen LogP contribution is 2.36. The van der Waals surface area contributed by atoms with Gasteiger partial charge in [-0.05, 0) is 11.1 Å². The Balaban J connectivity index is 0.000000517. The van der Waals surface area contributed by atoms with Crippen molar-refractivity contribution in [1.29, 1.82) is 0 Å². The molecule has 3 aromatic carbocycles. The molecule has 3 saturated heterocycles. The van der Waals surface area contributed by atoms with Crippen LogP contribution in [0.15, 0.2) is 91.0 Å². The zero-order valence-corrected chi connectivity index (χ0v) is 23.0. The number of piperidine rings is 3. The van der Waals surface area contributed by atoms with Crippen LogP contribution < -0.4 is 10.4 Å². The fraction of sp³-hybridized carbons (Fsp3) is 0.344. The zero-order chi connectivity index (χ0) is 30.2. The van der Waals surface area contributed by atoms with Crippen LogP contribution in [0, 0.1) is 5.92 Å². The second kappa shape index (κ2) is 13.8. The molecule has 0 radical (unpaired) electrons. The summed E-state index contributed by atoms with van der Waals surface area (Å²) >= 11 is 0. The number of carbonyl (C=O) groups is 3. The summed E-state index contributed by atoms with van der Waals surface area (Å²) in [5.41, 5.74) is 2.78. The van der Waals surface area contributed by atoms with Gasteiger partial charge in [0.15, 0.2) is 6.10 Å². The summed E-state index contributed by atoms with van der Waals surface area (Å²) < 4.78 is 38.5. The minimum Gasteiger partial charge on any atom is -0.542 e. The Morgan fingerprint density at radius 2 is 1.40 bits per heavy atom. The maximum atomic E-state index is 13.5. The number of Topliss-reactive ketones (excluding diaryl/α,β-unsaturated/α-hetero) is 1. The number of carboxylic acids is 1.